The Kier molecular flexibility index (Phi) is 6.14. The number of carbonyl (C=O) groups is 1. The molecule has 1 atom stereocenters. The van der Waals surface area contributed by atoms with Crippen LogP contribution in [0, 0.1) is 20.8 Å². The highest BCUT2D eigenvalue weighted by atomic mass is 32.2. The number of sulfonamides is 1. The van der Waals surface area contributed by atoms with Gasteiger partial charge < -0.3 is 5.32 Å². The first-order valence-corrected chi connectivity index (χ1v) is 11.5. The van der Waals surface area contributed by atoms with Crippen LogP contribution in [-0.4, -0.2) is 41.5 Å². The minimum Gasteiger partial charge on any atom is -0.345 e. The zero-order valence-electron chi connectivity index (χ0n) is 17.8. The van der Waals surface area contributed by atoms with Crippen LogP contribution in [0.3, 0.4) is 0 Å². The van der Waals surface area contributed by atoms with E-state index in [0.29, 0.717) is 24.2 Å². The van der Waals surface area contributed by atoms with E-state index in [1.165, 1.54) is 10.4 Å². The van der Waals surface area contributed by atoms with Crippen LogP contribution >= 0.6 is 0 Å². The number of rotatable bonds is 5. The topological polar surface area (TPSA) is 84.3 Å². The third kappa shape index (κ3) is 4.23. The normalized spacial score (nSPS) is 16.6. The fourth-order valence-corrected chi connectivity index (χ4v) is 5.80. The fourth-order valence-electron chi connectivity index (χ4n) is 4.03. The second-order valence-electron chi connectivity index (χ2n) is 7.85. The van der Waals surface area contributed by atoms with Crippen molar-refractivity contribution in [2.75, 3.05) is 13.1 Å². The Balaban J connectivity index is 1.86. The fraction of sp³-hybridized carbons (Fsp3) is 0.524. The summed E-state index contributed by atoms with van der Waals surface area (Å²) in [4.78, 5) is 13.1. The van der Waals surface area contributed by atoms with E-state index in [1.807, 2.05) is 27.8 Å². The molecule has 2 aromatic rings. The molecule has 1 aliphatic rings. The molecule has 158 valence electrons. The van der Waals surface area contributed by atoms with E-state index in [0.717, 1.165) is 36.2 Å². The second kappa shape index (κ2) is 8.28. The molecular weight excluding hydrogens is 388 g/mol. The van der Waals surface area contributed by atoms with E-state index in [4.69, 9.17) is 0 Å². The van der Waals surface area contributed by atoms with Gasteiger partial charge in [-0.2, -0.15) is 9.40 Å². The van der Waals surface area contributed by atoms with Gasteiger partial charge in [-0.15, -0.1) is 0 Å². The third-order valence-electron chi connectivity index (χ3n) is 5.73. The van der Waals surface area contributed by atoms with Gasteiger partial charge >= 0.3 is 0 Å². The van der Waals surface area contributed by atoms with Crippen LogP contribution in [0.25, 0.3) is 0 Å². The third-order valence-corrected chi connectivity index (χ3v) is 7.77. The molecule has 0 bridgehead atoms. The molecule has 2 heterocycles. The van der Waals surface area contributed by atoms with Crippen molar-refractivity contribution in [1.82, 2.24) is 19.4 Å². The Morgan fingerprint density at radius 1 is 1.14 bits per heavy atom. The lowest BCUT2D eigenvalue weighted by Crippen LogP contribution is -2.36. The summed E-state index contributed by atoms with van der Waals surface area (Å²) in [6.07, 6.45) is 2.80. The molecule has 7 nitrogen and oxygen atoms in total. The number of hydrogen-bond donors (Lipinski definition) is 1. The van der Waals surface area contributed by atoms with Gasteiger partial charge in [0.05, 0.1) is 16.6 Å². The molecule has 1 N–H and O–H groups in total. The average molecular weight is 419 g/mol. The van der Waals surface area contributed by atoms with Crippen molar-refractivity contribution in [2.45, 2.75) is 57.9 Å². The Labute approximate surface area is 173 Å². The Morgan fingerprint density at radius 3 is 2.38 bits per heavy atom. The van der Waals surface area contributed by atoms with Crippen molar-refractivity contribution >= 4 is 15.9 Å². The number of amides is 1. The zero-order valence-corrected chi connectivity index (χ0v) is 18.6. The van der Waals surface area contributed by atoms with Gasteiger partial charge in [-0.25, -0.2) is 8.42 Å². The summed E-state index contributed by atoms with van der Waals surface area (Å²) >= 11 is 0. The standard InChI is InChI=1S/C21H30N4O3S/c1-14-9-10-18(13-19(14)29(27,28)25-11-7-6-8-12-25)21(26)22-15(2)20-16(3)23-24(5)17(20)4/h9-10,13,15H,6-8,11-12H2,1-5H3,(H,22,26). The zero-order chi connectivity index (χ0) is 21.3. The number of aromatic nitrogens is 2. The van der Waals surface area contributed by atoms with E-state index in [2.05, 4.69) is 10.4 Å². The lowest BCUT2D eigenvalue weighted by molar-refractivity contribution is 0.0939. The number of carbonyl (C=O) groups excluding carboxylic acids is 1. The molecule has 29 heavy (non-hydrogen) atoms. The Hall–Kier alpha value is -2.19. The highest BCUT2D eigenvalue weighted by Crippen LogP contribution is 2.25. The van der Waals surface area contributed by atoms with Crippen LogP contribution in [0.2, 0.25) is 0 Å². The van der Waals surface area contributed by atoms with E-state index >= 15 is 0 Å². The van der Waals surface area contributed by atoms with Crippen LogP contribution < -0.4 is 5.32 Å². The van der Waals surface area contributed by atoms with Gasteiger partial charge in [0.15, 0.2) is 0 Å². The highest BCUT2D eigenvalue weighted by molar-refractivity contribution is 7.89. The number of nitrogens with zero attached hydrogens (tertiary/aromatic N) is 3. The summed E-state index contributed by atoms with van der Waals surface area (Å²) in [5.41, 5.74) is 3.84. The summed E-state index contributed by atoms with van der Waals surface area (Å²) in [7, 11) is -1.73. The van der Waals surface area contributed by atoms with Crippen LogP contribution in [0.15, 0.2) is 23.1 Å². The minimum absolute atomic E-state index is 0.216. The van der Waals surface area contributed by atoms with Gasteiger partial charge in [0.25, 0.3) is 5.91 Å². The van der Waals surface area contributed by atoms with Gasteiger partial charge in [0, 0.05) is 37.0 Å². The predicted molar refractivity (Wildman–Crippen MR) is 112 cm³/mol. The van der Waals surface area contributed by atoms with Gasteiger partial charge in [0.2, 0.25) is 10.0 Å². The highest BCUT2D eigenvalue weighted by Gasteiger charge is 2.28. The van der Waals surface area contributed by atoms with Crippen molar-refractivity contribution in [3.05, 3.63) is 46.3 Å². The molecule has 0 radical (unpaired) electrons. The molecule has 1 fully saturated rings. The molecule has 1 aliphatic heterocycles. The first kappa shape index (κ1) is 21.5. The molecule has 8 heteroatoms. The van der Waals surface area contributed by atoms with Gasteiger partial charge in [-0.05, 0) is 58.2 Å². The molecule has 1 aromatic carbocycles. The summed E-state index contributed by atoms with van der Waals surface area (Å²) in [6.45, 7) is 8.63. The number of aryl methyl sites for hydroxylation is 3. The van der Waals surface area contributed by atoms with Crippen LogP contribution in [-0.2, 0) is 17.1 Å². The maximum Gasteiger partial charge on any atom is 0.251 e. The monoisotopic (exact) mass is 418 g/mol. The molecule has 0 aliphatic carbocycles. The van der Waals surface area contributed by atoms with Crippen molar-refractivity contribution in [2.24, 2.45) is 7.05 Å². The minimum atomic E-state index is -3.60. The maximum atomic E-state index is 13.1. The quantitative estimate of drug-likeness (QED) is 0.809. The second-order valence-corrected chi connectivity index (χ2v) is 9.75. The van der Waals surface area contributed by atoms with E-state index in [9.17, 15) is 13.2 Å². The largest absolute Gasteiger partial charge is 0.345 e. The summed E-state index contributed by atoms with van der Waals surface area (Å²) in [5.74, 6) is -0.296. The van der Waals surface area contributed by atoms with Crippen molar-refractivity contribution < 1.29 is 13.2 Å². The molecule has 0 saturated carbocycles. The summed E-state index contributed by atoms with van der Waals surface area (Å²) in [5, 5.41) is 7.39. The smallest absolute Gasteiger partial charge is 0.251 e. The number of benzene rings is 1. The lowest BCUT2D eigenvalue weighted by atomic mass is 10.1. The van der Waals surface area contributed by atoms with Crippen LogP contribution in [0.4, 0.5) is 0 Å². The van der Waals surface area contributed by atoms with Gasteiger partial charge in [0.1, 0.15) is 0 Å². The first-order valence-electron chi connectivity index (χ1n) is 10.0. The Morgan fingerprint density at radius 2 is 1.79 bits per heavy atom. The van der Waals surface area contributed by atoms with E-state index in [-0.39, 0.29) is 16.8 Å². The number of hydrogen-bond acceptors (Lipinski definition) is 4. The molecule has 0 spiro atoms. The van der Waals surface area contributed by atoms with Crippen molar-refractivity contribution in [3.63, 3.8) is 0 Å². The van der Waals surface area contributed by atoms with Crippen LogP contribution in [0.5, 0.6) is 0 Å². The Bertz CT molecular complexity index is 1020. The first-order chi connectivity index (χ1) is 13.6. The maximum absolute atomic E-state index is 13.1. The molecule has 1 amide bonds. The average Bonchev–Trinajstić information content (AvgIpc) is 2.94. The summed E-state index contributed by atoms with van der Waals surface area (Å²) < 4.78 is 29.5. The molecular formula is C21H30N4O3S. The van der Waals surface area contributed by atoms with E-state index in [1.54, 1.807) is 23.7 Å². The SMILES string of the molecule is Cc1ccc(C(=O)NC(C)c2c(C)nn(C)c2C)cc1S(=O)(=O)N1CCCCC1. The van der Waals surface area contributed by atoms with Crippen LogP contribution in [0.1, 0.15) is 65.1 Å². The summed E-state index contributed by atoms with van der Waals surface area (Å²) in [6, 6.07) is 4.65. The number of nitrogens with one attached hydrogen (secondary N) is 1. The van der Waals surface area contributed by atoms with Crippen molar-refractivity contribution in [3.8, 4) is 0 Å². The lowest BCUT2D eigenvalue weighted by Gasteiger charge is -2.26. The molecule has 1 unspecified atom stereocenters. The predicted octanol–water partition coefficient (Wildman–Crippen LogP) is 3.01. The molecule has 3 rings (SSSR count). The number of piperidine rings is 1. The van der Waals surface area contributed by atoms with Crippen molar-refractivity contribution in [1.29, 1.82) is 0 Å². The molecule has 1 saturated heterocycles. The van der Waals surface area contributed by atoms with Gasteiger partial charge in [-0.1, -0.05) is 12.5 Å². The van der Waals surface area contributed by atoms with Gasteiger partial charge in [-0.3, -0.25) is 9.48 Å². The molecule has 1 aromatic heterocycles. The van der Waals surface area contributed by atoms with E-state index < -0.39 is 10.0 Å².